The van der Waals surface area contributed by atoms with Crippen LogP contribution in [0.4, 0.5) is 0 Å². The van der Waals surface area contributed by atoms with Crippen LogP contribution < -0.4 is 0 Å². The van der Waals surface area contributed by atoms with Crippen LogP contribution in [-0.4, -0.2) is 4.98 Å². The largest absolute Gasteiger partial charge is 0.454 e. The van der Waals surface area contributed by atoms with Gasteiger partial charge in [-0.1, -0.05) is 133 Å². The number of rotatable bonds is 3. The molecule has 0 radical (unpaired) electrons. The molecule has 0 aliphatic heterocycles. The number of aromatic nitrogens is 1. The first kappa shape index (κ1) is 23.9. The van der Waals surface area contributed by atoms with Gasteiger partial charge in [0.05, 0.1) is 5.52 Å². The fourth-order valence-corrected chi connectivity index (χ4v) is 6.75. The molecule has 7 aromatic carbocycles. The van der Waals surface area contributed by atoms with Crippen LogP contribution in [0.15, 0.2) is 156 Å². The lowest BCUT2D eigenvalue weighted by atomic mass is 9.84. The van der Waals surface area contributed by atoms with E-state index in [-0.39, 0.29) is 0 Å². The molecule has 0 saturated carbocycles. The summed E-state index contributed by atoms with van der Waals surface area (Å²) >= 11 is 0. The average Bonchev–Trinajstić information content (AvgIpc) is 3.45. The first-order valence-electron chi connectivity index (χ1n) is 14.6. The van der Waals surface area contributed by atoms with Gasteiger partial charge >= 0.3 is 0 Å². The number of para-hydroxylation sites is 2. The van der Waals surface area contributed by atoms with Crippen molar-refractivity contribution in [2.75, 3.05) is 0 Å². The van der Waals surface area contributed by atoms with E-state index < -0.39 is 0 Å². The zero-order chi connectivity index (χ0) is 28.3. The number of nitrogens with zero attached hydrogens (tertiary/aromatic N) is 1. The smallest absolute Gasteiger partial charge is 0.162 e. The van der Waals surface area contributed by atoms with Gasteiger partial charge in [0, 0.05) is 21.9 Å². The number of benzene rings is 7. The summed E-state index contributed by atoms with van der Waals surface area (Å²) in [6.45, 7) is 0. The van der Waals surface area contributed by atoms with E-state index >= 15 is 0 Å². The van der Waals surface area contributed by atoms with Crippen molar-refractivity contribution >= 4 is 54.5 Å². The molecule has 0 fully saturated rings. The van der Waals surface area contributed by atoms with Crippen molar-refractivity contribution in [1.82, 2.24) is 4.98 Å². The molecule has 0 amide bonds. The van der Waals surface area contributed by atoms with Gasteiger partial charge in [0.15, 0.2) is 5.58 Å². The van der Waals surface area contributed by atoms with Crippen LogP contribution in [0.1, 0.15) is 0 Å². The molecule has 0 aliphatic rings. The van der Waals surface area contributed by atoms with Crippen molar-refractivity contribution < 1.29 is 4.42 Å². The number of furan rings is 1. The molecule has 9 aromatic rings. The van der Waals surface area contributed by atoms with E-state index in [1.165, 1.54) is 49.4 Å². The van der Waals surface area contributed by atoms with Crippen molar-refractivity contribution in [3.8, 4) is 33.4 Å². The topological polar surface area (TPSA) is 26.0 Å². The zero-order valence-electron chi connectivity index (χ0n) is 23.3. The van der Waals surface area contributed by atoms with Gasteiger partial charge < -0.3 is 4.42 Å². The molecule has 2 nitrogen and oxygen atoms in total. The Bertz CT molecular complexity index is 2430. The third-order valence-corrected chi connectivity index (χ3v) is 8.66. The Morgan fingerprint density at radius 3 is 1.51 bits per heavy atom. The maximum atomic E-state index is 6.65. The molecule has 0 atom stereocenters. The maximum Gasteiger partial charge on any atom is 0.162 e. The van der Waals surface area contributed by atoms with Crippen LogP contribution >= 0.6 is 0 Å². The summed E-state index contributed by atoms with van der Waals surface area (Å²) in [5.74, 6) is 0. The predicted molar refractivity (Wildman–Crippen MR) is 180 cm³/mol. The van der Waals surface area contributed by atoms with Gasteiger partial charge in [0.1, 0.15) is 11.1 Å². The lowest BCUT2D eigenvalue weighted by molar-refractivity contribution is 0.670. The third kappa shape index (κ3) is 3.63. The molecular weight excluding hydrogens is 522 g/mol. The minimum Gasteiger partial charge on any atom is -0.454 e. The highest BCUT2D eigenvalue weighted by Gasteiger charge is 2.23. The molecule has 43 heavy (non-hydrogen) atoms. The van der Waals surface area contributed by atoms with Crippen molar-refractivity contribution in [3.05, 3.63) is 152 Å². The van der Waals surface area contributed by atoms with E-state index in [1.54, 1.807) is 0 Å². The van der Waals surface area contributed by atoms with E-state index in [1.807, 2.05) is 12.1 Å². The first-order valence-corrected chi connectivity index (χ1v) is 14.6. The third-order valence-electron chi connectivity index (χ3n) is 8.66. The first-order chi connectivity index (χ1) is 21.3. The number of hydrogen-bond donors (Lipinski definition) is 0. The summed E-state index contributed by atoms with van der Waals surface area (Å²) in [6.07, 6.45) is 0. The van der Waals surface area contributed by atoms with Gasteiger partial charge in [-0.25, -0.2) is 4.98 Å². The molecule has 0 spiro atoms. The quantitative estimate of drug-likeness (QED) is 0.206. The summed E-state index contributed by atoms with van der Waals surface area (Å²) in [7, 11) is 0. The summed E-state index contributed by atoms with van der Waals surface area (Å²) in [5.41, 5.74) is 10.7. The molecule has 9 rings (SSSR count). The van der Waals surface area contributed by atoms with E-state index in [9.17, 15) is 0 Å². The maximum absolute atomic E-state index is 6.65. The highest BCUT2D eigenvalue weighted by atomic mass is 16.3. The molecule has 2 aromatic heterocycles. The lowest BCUT2D eigenvalue weighted by Gasteiger charge is -2.19. The molecule has 0 N–H and O–H groups in total. The molecule has 2 heterocycles. The van der Waals surface area contributed by atoms with E-state index in [2.05, 4.69) is 140 Å². The Labute approximate surface area is 248 Å². The minimum atomic E-state index is 0.829. The second-order valence-corrected chi connectivity index (χ2v) is 11.1. The Kier molecular flexibility index (Phi) is 5.23. The Morgan fingerprint density at radius 2 is 0.837 bits per heavy atom. The number of pyridine rings is 1. The molecule has 0 saturated heterocycles. The Morgan fingerprint density at radius 1 is 0.349 bits per heavy atom. The molecular formula is C41H25NO. The highest BCUT2D eigenvalue weighted by molar-refractivity contribution is 6.27. The fourth-order valence-electron chi connectivity index (χ4n) is 6.75. The molecule has 0 bridgehead atoms. The van der Waals surface area contributed by atoms with Crippen LogP contribution in [0, 0.1) is 0 Å². The van der Waals surface area contributed by atoms with Gasteiger partial charge in [0.25, 0.3) is 0 Å². The second kappa shape index (κ2) is 9.40. The fraction of sp³-hybridized carbons (Fsp3) is 0. The Hall–Kier alpha value is -5.73. The highest BCUT2D eigenvalue weighted by Crippen LogP contribution is 2.48. The van der Waals surface area contributed by atoms with Crippen LogP contribution in [0.2, 0.25) is 0 Å². The van der Waals surface area contributed by atoms with Crippen molar-refractivity contribution in [3.63, 3.8) is 0 Å². The van der Waals surface area contributed by atoms with Crippen molar-refractivity contribution in [2.24, 2.45) is 0 Å². The van der Waals surface area contributed by atoms with Gasteiger partial charge in [-0.05, 0) is 62.0 Å². The minimum absolute atomic E-state index is 0.829. The van der Waals surface area contributed by atoms with Crippen molar-refractivity contribution in [2.45, 2.75) is 0 Å². The molecule has 0 aliphatic carbocycles. The summed E-state index contributed by atoms with van der Waals surface area (Å²) < 4.78 is 6.65. The lowest BCUT2D eigenvalue weighted by Crippen LogP contribution is -1.93. The van der Waals surface area contributed by atoms with Crippen LogP contribution in [0.5, 0.6) is 0 Å². The van der Waals surface area contributed by atoms with Gasteiger partial charge in [-0.3, -0.25) is 0 Å². The average molecular weight is 548 g/mol. The standard InChI is InChI=1S/C41H25NO/c1-2-12-26(13-3-1)27-22-24-28(25-23-27)37-29-14-4-6-16-31(29)38(32-17-7-5-15-30(32)37)39-33-18-8-10-20-35(33)42-40-34-19-9-11-21-36(34)43-41(39)40/h1-25H. The van der Waals surface area contributed by atoms with Gasteiger partial charge in [-0.2, -0.15) is 0 Å². The molecule has 0 unspecified atom stereocenters. The summed E-state index contributed by atoms with van der Waals surface area (Å²) in [6, 6.07) is 53.8. The second-order valence-electron chi connectivity index (χ2n) is 11.1. The van der Waals surface area contributed by atoms with Crippen LogP contribution in [-0.2, 0) is 0 Å². The van der Waals surface area contributed by atoms with E-state index in [0.29, 0.717) is 0 Å². The molecule has 2 heteroatoms. The Balaban J connectivity index is 1.41. The van der Waals surface area contributed by atoms with Gasteiger partial charge in [0.2, 0.25) is 0 Å². The SMILES string of the molecule is c1ccc(-c2ccc(-c3c4ccccc4c(-c4c5ccccc5nc5c4oc4ccccc45)c4ccccc34)cc2)cc1. The number of fused-ring (bicyclic) bond motifs is 6. The molecule has 200 valence electrons. The van der Waals surface area contributed by atoms with Crippen LogP contribution in [0.25, 0.3) is 87.9 Å². The van der Waals surface area contributed by atoms with E-state index in [4.69, 9.17) is 9.40 Å². The summed E-state index contributed by atoms with van der Waals surface area (Å²) in [5, 5.41) is 6.95. The van der Waals surface area contributed by atoms with Gasteiger partial charge in [-0.15, -0.1) is 0 Å². The number of hydrogen-bond acceptors (Lipinski definition) is 2. The summed E-state index contributed by atoms with van der Waals surface area (Å²) in [4.78, 5) is 5.12. The zero-order valence-corrected chi connectivity index (χ0v) is 23.3. The monoisotopic (exact) mass is 547 g/mol. The van der Waals surface area contributed by atoms with Crippen LogP contribution in [0.3, 0.4) is 0 Å². The normalized spacial score (nSPS) is 11.7. The van der Waals surface area contributed by atoms with Crippen molar-refractivity contribution in [1.29, 1.82) is 0 Å². The van der Waals surface area contributed by atoms with E-state index in [0.717, 1.165) is 38.5 Å². The predicted octanol–water partition coefficient (Wildman–Crippen LogP) is 11.4.